The van der Waals surface area contributed by atoms with E-state index in [1.165, 1.54) is 16.8 Å². The van der Waals surface area contributed by atoms with Crippen LogP contribution in [0.1, 0.15) is 11.1 Å². The van der Waals surface area contributed by atoms with Gasteiger partial charge in [-0.1, -0.05) is 29.3 Å². The zero-order valence-corrected chi connectivity index (χ0v) is 11.9. The third kappa shape index (κ3) is 2.51. The average molecular weight is 293 g/mol. The Kier molecular flexibility index (Phi) is 3.29. The lowest BCUT2D eigenvalue weighted by Crippen LogP contribution is -2.19. The molecule has 0 saturated heterocycles. The number of rotatable bonds is 2. The van der Waals surface area contributed by atoms with Gasteiger partial charge in [-0.15, -0.1) is 0 Å². The molecule has 2 aromatic carbocycles. The van der Waals surface area contributed by atoms with Gasteiger partial charge in [0.2, 0.25) is 0 Å². The first-order valence-electron chi connectivity index (χ1n) is 6.21. The van der Waals surface area contributed by atoms with Crippen LogP contribution in [0.4, 0.5) is 11.4 Å². The van der Waals surface area contributed by atoms with Gasteiger partial charge in [0.05, 0.1) is 10.0 Å². The number of nitrogens with two attached hydrogens (primary N) is 1. The van der Waals surface area contributed by atoms with Gasteiger partial charge in [-0.2, -0.15) is 0 Å². The van der Waals surface area contributed by atoms with Crippen molar-refractivity contribution in [1.29, 1.82) is 0 Å². The van der Waals surface area contributed by atoms with Crippen LogP contribution in [0.25, 0.3) is 0 Å². The lowest BCUT2D eigenvalue weighted by atomic mass is 10.1. The summed E-state index contributed by atoms with van der Waals surface area (Å²) in [5, 5.41) is 1.20. The van der Waals surface area contributed by atoms with E-state index >= 15 is 0 Å². The molecule has 19 heavy (non-hydrogen) atoms. The van der Waals surface area contributed by atoms with Crippen molar-refractivity contribution in [3.8, 4) is 0 Å². The number of nitrogens with zero attached hydrogens (tertiary/aromatic N) is 1. The van der Waals surface area contributed by atoms with Crippen LogP contribution in [0.3, 0.4) is 0 Å². The molecule has 0 radical (unpaired) electrons. The van der Waals surface area contributed by atoms with Gasteiger partial charge in [-0.25, -0.2) is 0 Å². The van der Waals surface area contributed by atoms with Crippen molar-refractivity contribution in [2.24, 2.45) is 0 Å². The minimum atomic E-state index is 0.597. The number of hydrogen-bond acceptors (Lipinski definition) is 2. The predicted molar refractivity (Wildman–Crippen MR) is 82.1 cm³/mol. The number of halogens is 2. The Morgan fingerprint density at radius 2 is 1.89 bits per heavy atom. The minimum absolute atomic E-state index is 0.597. The maximum absolute atomic E-state index is 6.05. The van der Waals surface area contributed by atoms with Crippen molar-refractivity contribution >= 4 is 34.6 Å². The maximum atomic E-state index is 6.05. The first-order valence-corrected chi connectivity index (χ1v) is 6.96. The smallest absolute Gasteiger partial charge is 0.0595 e. The summed E-state index contributed by atoms with van der Waals surface area (Å²) < 4.78 is 0. The van der Waals surface area contributed by atoms with Crippen molar-refractivity contribution in [3.63, 3.8) is 0 Å². The second-order valence-electron chi connectivity index (χ2n) is 4.81. The molecule has 1 heterocycles. The number of hydrogen-bond donors (Lipinski definition) is 1. The molecule has 0 aliphatic carbocycles. The minimum Gasteiger partial charge on any atom is -0.399 e. The molecule has 98 valence electrons. The van der Waals surface area contributed by atoms with Crippen LogP contribution < -0.4 is 10.6 Å². The van der Waals surface area contributed by atoms with Crippen LogP contribution in [0.15, 0.2) is 36.4 Å². The van der Waals surface area contributed by atoms with Crippen molar-refractivity contribution < 1.29 is 0 Å². The molecule has 1 aliphatic rings. The van der Waals surface area contributed by atoms with Gasteiger partial charge in [0.15, 0.2) is 0 Å². The lowest BCUT2D eigenvalue weighted by molar-refractivity contribution is 0.836. The number of nitrogen functional groups attached to an aromatic ring is 1. The Hall–Kier alpha value is -1.38. The highest BCUT2D eigenvalue weighted by Gasteiger charge is 2.19. The fourth-order valence-corrected chi connectivity index (χ4v) is 2.83. The fourth-order valence-electron chi connectivity index (χ4n) is 2.51. The van der Waals surface area contributed by atoms with Gasteiger partial charge in [-0.05, 0) is 47.9 Å². The molecule has 0 unspecified atom stereocenters. The molecule has 0 saturated carbocycles. The van der Waals surface area contributed by atoms with Crippen LogP contribution in [-0.4, -0.2) is 6.54 Å². The Labute approximate surface area is 122 Å². The highest BCUT2D eigenvalue weighted by atomic mass is 35.5. The van der Waals surface area contributed by atoms with E-state index in [0.29, 0.717) is 10.0 Å². The van der Waals surface area contributed by atoms with Crippen LogP contribution in [-0.2, 0) is 13.0 Å². The molecule has 2 N–H and O–H groups in total. The van der Waals surface area contributed by atoms with E-state index in [0.717, 1.165) is 25.2 Å². The molecule has 0 bridgehead atoms. The van der Waals surface area contributed by atoms with Gasteiger partial charge in [0.25, 0.3) is 0 Å². The molecule has 0 aromatic heterocycles. The highest BCUT2D eigenvalue weighted by Crippen LogP contribution is 2.31. The second kappa shape index (κ2) is 4.95. The number of fused-ring (bicyclic) bond motifs is 1. The lowest BCUT2D eigenvalue weighted by Gasteiger charge is -2.19. The van der Waals surface area contributed by atoms with Crippen LogP contribution in [0, 0.1) is 0 Å². The molecule has 0 amide bonds. The molecular weight excluding hydrogens is 279 g/mol. The third-order valence-electron chi connectivity index (χ3n) is 3.45. The van der Waals surface area contributed by atoms with Crippen molar-refractivity contribution in [3.05, 3.63) is 57.6 Å². The molecule has 0 spiro atoms. The van der Waals surface area contributed by atoms with Gasteiger partial charge >= 0.3 is 0 Å². The largest absolute Gasteiger partial charge is 0.399 e. The normalized spacial score (nSPS) is 13.7. The van der Waals surface area contributed by atoms with Gasteiger partial charge < -0.3 is 10.6 Å². The Morgan fingerprint density at radius 1 is 1.05 bits per heavy atom. The van der Waals surface area contributed by atoms with Gasteiger partial charge in [0.1, 0.15) is 0 Å². The van der Waals surface area contributed by atoms with Gasteiger partial charge in [0, 0.05) is 24.5 Å². The summed E-state index contributed by atoms with van der Waals surface area (Å²) >= 11 is 12.0. The first-order chi connectivity index (χ1) is 9.13. The Balaban J connectivity index is 1.84. The SMILES string of the molecule is Nc1ccc2c(c1)CCN2Cc1ccc(Cl)c(Cl)c1. The number of benzene rings is 2. The molecule has 1 aliphatic heterocycles. The quantitative estimate of drug-likeness (QED) is 0.843. The summed E-state index contributed by atoms with van der Waals surface area (Å²) in [6.45, 7) is 1.85. The van der Waals surface area contributed by atoms with E-state index < -0.39 is 0 Å². The topological polar surface area (TPSA) is 29.3 Å². The Bertz CT molecular complexity index is 626. The number of anilines is 2. The monoisotopic (exact) mass is 292 g/mol. The zero-order chi connectivity index (χ0) is 13.4. The van der Waals surface area contributed by atoms with E-state index in [4.69, 9.17) is 28.9 Å². The summed E-state index contributed by atoms with van der Waals surface area (Å²) in [6, 6.07) is 11.9. The summed E-state index contributed by atoms with van der Waals surface area (Å²) in [5.41, 5.74) is 10.4. The van der Waals surface area contributed by atoms with E-state index in [2.05, 4.69) is 17.0 Å². The highest BCUT2D eigenvalue weighted by molar-refractivity contribution is 6.42. The van der Waals surface area contributed by atoms with Crippen molar-refractivity contribution in [1.82, 2.24) is 0 Å². The second-order valence-corrected chi connectivity index (χ2v) is 5.62. The first kappa shape index (κ1) is 12.6. The van der Waals surface area contributed by atoms with E-state index in [1.807, 2.05) is 24.3 Å². The van der Waals surface area contributed by atoms with Crippen LogP contribution in [0.2, 0.25) is 10.0 Å². The third-order valence-corrected chi connectivity index (χ3v) is 4.19. The van der Waals surface area contributed by atoms with Crippen molar-refractivity contribution in [2.45, 2.75) is 13.0 Å². The summed E-state index contributed by atoms with van der Waals surface area (Å²) in [7, 11) is 0. The molecule has 0 fully saturated rings. The maximum Gasteiger partial charge on any atom is 0.0595 e. The molecule has 3 rings (SSSR count). The molecule has 2 aromatic rings. The van der Waals surface area contributed by atoms with Crippen LogP contribution in [0.5, 0.6) is 0 Å². The molecular formula is C15H14Cl2N2. The Morgan fingerprint density at radius 3 is 2.68 bits per heavy atom. The summed E-state index contributed by atoms with van der Waals surface area (Å²) in [6.07, 6.45) is 1.04. The average Bonchev–Trinajstić information content (AvgIpc) is 2.76. The zero-order valence-electron chi connectivity index (χ0n) is 10.4. The van der Waals surface area contributed by atoms with Crippen molar-refractivity contribution in [2.75, 3.05) is 17.2 Å². The summed E-state index contributed by atoms with van der Waals surface area (Å²) in [4.78, 5) is 2.34. The standard InChI is InChI=1S/C15H14Cl2N2/c16-13-3-1-10(7-14(13)17)9-19-6-5-11-8-12(18)2-4-15(11)19/h1-4,7-8H,5-6,9,18H2. The molecule has 4 heteroatoms. The van der Waals surface area contributed by atoms with E-state index in [-0.39, 0.29) is 0 Å². The van der Waals surface area contributed by atoms with Gasteiger partial charge in [-0.3, -0.25) is 0 Å². The van der Waals surface area contributed by atoms with E-state index in [9.17, 15) is 0 Å². The molecule has 2 nitrogen and oxygen atoms in total. The molecule has 0 atom stereocenters. The summed E-state index contributed by atoms with van der Waals surface area (Å²) in [5.74, 6) is 0. The van der Waals surface area contributed by atoms with E-state index in [1.54, 1.807) is 0 Å². The fraction of sp³-hybridized carbons (Fsp3) is 0.200. The predicted octanol–water partition coefficient (Wildman–Crippen LogP) is 4.14. The van der Waals surface area contributed by atoms with Crippen LogP contribution >= 0.6 is 23.2 Å².